The molecule has 0 bridgehead atoms. The maximum absolute atomic E-state index is 11.1. The van der Waals surface area contributed by atoms with Crippen LogP contribution >= 0.6 is 0 Å². The van der Waals surface area contributed by atoms with Crippen molar-refractivity contribution >= 4 is 5.97 Å². The van der Waals surface area contributed by atoms with Crippen LogP contribution < -0.4 is 0 Å². The molecule has 0 aliphatic heterocycles. The average molecular weight is 233 g/mol. The van der Waals surface area contributed by atoms with Crippen molar-refractivity contribution in [2.24, 2.45) is 11.8 Å². The van der Waals surface area contributed by atoms with E-state index in [-0.39, 0.29) is 11.8 Å². The lowest BCUT2D eigenvalue weighted by Crippen LogP contribution is -2.27. The van der Waals surface area contributed by atoms with Gasteiger partial charge in [0.2, 0.25) is 0 Å². The predicted molar refractivity (Wildman–Crippen MR) is 65.9 cm³/mol. The molecule has 3 atom stereocenters. The minimum absolute atomic E-state index is 0.140. The number of pyridine rings is 1. The van der Waals surface area contributed by atoms with Gasteiger partial charge in [0.1, 0.15) is 0 Å². The number of carboxylic acids is 1. The first kappa shape index (κ1) is 12.1. The zero-order chi connectivity index (χ0) is 12.4. The van der Waals surface area contributed by atoms with Crippen LogP contribution in [0.3, 0.4) is 0 Å². The molecule has 0 radical (unpaired) electrons. The second-order valence-corrected chi connectivity index (χ2v) is 5.03. The first-order chi connectivity index (χ1) is 8.11. The van der Waals surface area contributed by atoms with E-state index in [1.807, 2.05) is 19.2 Å². The lowest BCUT2D eigenvalue weighted by molar-refractivity contribution is -0.143. The largest absolute Gasteiger partial charge is 0.481 e. The van der Waals surface area contributed by atoms with Crippen LogP contribution in [-0.4, -0.2) is 16.1 Å². The summed E-state index contributed by atoms with van der Waals surface area (Å²) in [6.07, 6.45) is 5.09. The molecular weight excluding hydrogens is 214 g/mol. The minimum atomic E-state index is -0.708. The molecule has 1 aliphatic rings. The van der Waals surface area contributed by atoms with Gasteiger partial charge in [-0.15, -0.1) is 0 Å². The number of fused-ring (bicyclic) bond motifs is 1. The maximum Gasteiger partial charge on any atom is 0.306 e. The lowest BCUT2D eigenvalue weighted by atomic mass is 9.74. The molecule has 0 fully saturated rings. The first-order valence-corrected chi connectivity index (χ1v) is 6.28. The van der Waals surface area contributed by atoms with Crippen molar-refractivity contribution in [3.8, 4) is 0 Å². The summed E-state index contributed by atoms with van der Waals surface area (Å²) in [4.78, 5) is 15.5. The highest BCUT2D eigenvalue weighted by Crippen LogP contribution is 2.38. The molecule has 92 valence electrons. The number of carboxylic acid groups (broad SMARTS) is 1. The van der Waals surface area contributed by atoms with Crippen LogP contribution in [0.1, 0.15) is 43.9 Å². The summed E-state index contributed by atoms with van der Waals surface area (Å²) < 4.78 is 0. The lowest BCUT2D eigenvalue weighted by Gasteiger charge is -2.31. The number of nitrogens with zero attached hydrogens (tertiary/aromatic N) is 1. The highest BCUT2D eigenvalue weighted by atomic mass is 16.4. The van der Waals surface area contributed by atoms with E-state index in [2.05, 4.69) is 11.1 Å². The summed E-state index contributed by atoms with van der Waals surface area (Å²) in [6.45, 7) is 3.83. The summed E-state index contributed by atoms with van der Waals surface area (Å²) in [5, 5.41) is 9.11. The van der Waals surface area contributed by atoms with Crippen LogP contribution in [0.2, 0.25) is 0 Å². The van der Waals surface area contributed by atoms with E-state index in [1.54, 1.807) is 6.92 Å². The van der Waals surface area contributed by atoms with Gasteiger partial charge in [0, 0.05) is 17.8 Å². The number of aryl methyl sites for hydroxylation is 1. The molecule has 1 aromatic heterocycles. The number of hydrogen-bond donors (Lipinski definition) is 1. The van der Waals surface area contributed by atoms with E-state index >= 15 is 0 Å². The fourth-order valence-corrected chi connectivity index (χ4v) is 2.73. The van der Waals surface area contributed by atoms with Gasteiger partial charge in [-0.25, -0.2) is 0 Å². The molecular formula is C14H19NO2. The number of carbonyl (C=O) groups is 1. The second-order valence-electron chi connectivity index (χ2n) is 5.03. The fourth-order valence-electron chi connectivity index (χ4n) is 2.73. The van der Waals surface area contributed by atoms with Gasteiger partial charge < -0.3 is 5.11 Å². The van der Waals surface area contributed by atoms with Crippen LogP contribution in [0.15, 0.2) is 18.3 Å². The third kappa shape index (κ3) is 2.33. The average Bonchev–Trinajstić information content (AvgIpc) is 2.36. The Kier molecular flexibility index (Phi) is 3.46. The molecule has 3 heteroatoms. The van der Waals surface area contributed by atoms with Gasteiger partial charge in [-0.2, -0.15) is 0 Å². The summed E-state index contributed by atoms with van der Waals surface area (Å²) in [5.74, 6) is -0.582. The van der Waals surface area contributed by atoms with Crippen LogP contribution in [0.25, 0.3) is 0 Å². The fraction of sp³-hybridized carbons (Fsp3) is 0.571. The second kappa shape index (κ2) is 4.86. The number of aromatic nitrogens is 1. The van der Waals surface area contributed by atoms with Crippen molar-refractivity contribution in [2.75, 3.05) is 0 Å². The van der Waals surface area contributed by atoms with Gasteiger partial charge in [-0.1, -0.05) is 19.9 Å². The van der Waals surface area contributed by atoms with E-state index in [4.69, 9.17) is 5.11 Å². The molecule has 0 saturated heterocycles. The van der Waals surface area contributed by atoms with E-state index in [1.165, 1.54) is 5.56 Å². The van der Waals surface area contributed by atoms with Gasteiger partial charge in [-0.05, 0) is 36.8 Å². The Morgan fingerprint density at radius 2 is 2.29 bits per heavy atom. The van der Waals surface area contributed by atoms with Gasteiger partial charge in [-0.3, -0.25) is 9.78 Å². The molecule has 0 aromatic carbocycles. The van der Waals surface area contributed by atoms with Crippen LogP contribution in [-0.2, 0) is 11.2 Å². The highest BCUT2D eigenvalue weighted by molar-refractivity contribution is 5.70. The monoisotopic (exact) mass is 233 g/mol. The Hall–Kier alpha value is -1.38. The predicted octanol–water partition coefficient (Wildman–Crippen LogP) is 2.86. The number of hydrogen-bond acceptors (Lipinski definition) is 2. The van der Waals surface area contributed by atoms with Crippen LogP contribution in [0.4, 0.5) is 0 Å². The first-order valence-electron chi connectivity index (χ1n) is 6.28. The summed E-state index contributed by atoms with van der Waals surface area (Å²) in [6, 6.07) is 4.08. The van der Waals surface area contributed by atoms with Gasteiger partial charge >= 0.3 is 5.97 Å². The third-order valence-electron chi connectivity index (χ3n) is 4.05. The zero-order valence-electron chi connectivity index (χ0n) is 10.4. The topological polar surface area (TPSA) is 50.2 Å². The molecule has 1 N–H and O–H groups in total. The molecule has 0 spiro atoms. The Morgan fingerprint density at radius 1 is 1.53 bits per heavy atom. The molecule has 0 amide bonds. The Bertz CT molecular complexity index is 416. The van der Waals surface area contributed by atoms with Gasteiger partial charge in [0.25, 0.3) is 0 Å². The van der Waals surface area contributed by atoms with Crippen molar-refractivity contribution in [3.63, 3.8) is 0 Å². The van der Waals surface area contributed by atoms with Crippen LogP contribution in [0.5, 0.6) is 0 Å². The van der Waals surface area contributed by atoms with E-state index in [9.17, 15) is 4.79 Å². The molecule has 3 nitrogen and oxygen atoms in total. The molecule has 0 saturated carbocycles. The Morgan fingerprint density at radius 3 is 3.00 bits per heavy atom. The molecule has 2 rings (SSSR count). The van der Waals surface area contributed by atoms with E-state index in [0.717, 1.165) is 25.0 Å². The van der Waals surface area contributed by atoms with Gasteiger partial charge in [0.05, 0.1) is 5.92 Å². The summed E-state index contributed by atoms with van der Waals surface area (Å²) in [5.41, 5.74) is 2.42. The van der Waals surface area contributed by atoms with Crippen molar-refractivity contribution in [2.45, 2.75) is 39.0 Å². The summed E-state index contributed by atoms with van der Waals surface area (Å²) >= 11 is 0. The standard InChI is InChI=1S/C14H19NO2/c1-9(10(2)14(16)17)12-7-3-5-11-6-4-8-15-13(11)12/h4,6,8-10,12H,3,5,7H2,1-2H3,(H,16,17). The van der Waals surface area contributed by atoms with Crippen molar-refractivity contribution in [1.82, 2.24) is 4.98 Å². The smallest absolute Gasteiger partial charge is 0.306 e. The van der Waals surface area contributed by atoms with Crippen molar-refractivity contribution in [1.29, 1.82) is 0 Å². The molecule has 1 aromatic rings. The molecule has 1 aliphatic carbocycles. The zero-order valence-corrected chi connectivity index (χ0v) is 10.4. The Balaban J connectivity index is 2.26. The van der Waals surface area contributed by atoms with E-state index < -0.39 is 5.97 Å². The normalized spacial score (nSPS) is 22.6. The van der Waals surface area contributed by atoms with Crippen molar-refractivity contribution in [3.05, 3.63) is 29.6 Å². The number of aliphatic carboxylic acids is 1. The Labute approximate surface area is 102 Å². The molecule has 1 heterocycles. The van der Waals surface area contributed by atoms with Crippen LogP contribution in [0, 0.1) is 11.8 Å². The highest BCUT2D eigenvalue weighted by Gasteiger charge is 2.32. The number of rotatable bonds is 3. The minimum Gasteiger partial charge on any atom is -0.481 e. The quantitative estimate of drug-likeness (QED) is 0.873. The van der Waals surface area contributed by atoms with Gasteiger partial charge in [0.15, 0.2) is 0 Å². The molecule has 3 unspecified atom stereocenters. The van der Waals surface area contributed by atoms with E-state index in [0.29, 0.717) is 5.92 Å². The molecule has 17 heavy (non-hydrogen) atoms. The van der Waals surface area contributed by atoms with Crippen molar-refractivity contribution < 1.29 is 9.90 Å². The SMILES string of the molecule is CC(C(=O)O)C(C)C1CCCc2cccnc21. The maximum atomic E-state index is 11.1. The summed E-state index contributed by atoms with van der Waals surface area (Å²) in [7, 11) is 0. The third-order valence-corrected chi connectivity index (χ3v) is 4.05.